The Morgan fingerprint density at radius 2 is 1.59 bits per heavy atom. The van der Waals surface area contributed by atoms with Gasteiger partial charge in [0.1, 0.15) is 5.75 Å². The van der Waals surface area contributed by atoms with Gasteiger partial charge in [0.2, 0.25) is 0 Å². The van der Waals surface area contributed by atoms with Crippen molar-refractivity contribution in [2.45, 2.75) is 6.54 Å². The molecular formula is C23H15Cl2N3O3S. The number of aromatic hydroxyl groups is 1. The van der Waals surface area contributed by atoms with Gasteiger partial charge in [-0.05, 0) is 60.3 Å². The number of carbonyl (C=O) groups is 2. The molecule has 1 fully saturated rings. The third kappa shape index (κ3) is 4.85. The molecule has 1 N–H and O–H groups in total. The second kappa shape index (κ2) is 9.56. The third-order valence-electron chi connectivity index (χ3n) is 4.59. The Kier molecular flexibility index (Phi) is 6.60. The smallest absolute Gasteiger partial charge is 0.293 e. The van der Waals surface area contributed by atoms with Crippen LogP contribution in [0.15, 0.2) is 81.9 Å². The highest BCUT2D eigenvalue weighted by Gasteiger charge is 2.35. The summed E-state index contributed by atoms with van der Waals surface area (Å²) in [5.41, 5.74) is 2.00. The van der Waals surface area contributed by atoms with E-state index >= 15 is 0 Å². The minimum atomic E-state index is -0.494. The van der Waals surface area contributed by atoms with Gasteiger partial charge in [-0.1, -0.05) is 47.5 Å². The maximum absolute atomic E-state index is 12.9. The third-order valence-corrected chi connectivity index (χ3v) is 6.20. The fourth-order valence-corrected chi connectivity index (χ4v) is 4.30. The van der Waals surface area contributed by atoms with Crippen LogP contribution in [0, 0.1) is 0 Å². The number of halogens is 2. The van der Waals surface area contributed by atoms with E-state index in [2.05, 4.69) is 10.2 Å². The predicted octanol–water partition coefficient (Wildman–Crippen LogP) is 7.35. The van der Waals surface area contributed by atoms with E-state index in [9.17, 15) is 14.7 Å². The first-order valence-electron chi connectivity index (χ1n) is 9.40. The minimum Gasteiger partial charge on any atom is -0.507 e. The van der Waals surface area contributed by atoms with E-state index < -0.39 is 11.1 Å². The van der Waals surface area contributed by atoms with Crippen LogP contribution in [0.2, 0.25) is 10.0 Å². The normalized spacial score (nSPS) is 15.3. The number of imide groups is 1. The monoisotopic (exact) mass is 483 g/mol. The zero-order valence-electron chi connectivity index (χ0n) is 16.4. The molecule has 0 aromatic heterocycles. The number of rotatable bonds is 5. The number of hydrogen-bond acceptors (Lipinski definition) is 6. The number of hydrogen-bond donors (Lipinski definition) is 1. The van der Waals surface area contributed by atoms with Crippen molar-refractivity contribution in [3.63, 3.8) is 0 Å². The number of azo groups is 1. The molecule has 1 heterocycles. The minimum absolute atomic E-state index is 0.0438. The van der Waals surface area contributed by atoms with Crippen LogP contribution in [0.25, 0.3) is 6.08 Å². The zero-order valence-corrected chi connectivity index (χ0v) is 18.7. The maximum atomic E-state index is 12.9. The summed E-state index contributed by atoms with van der Waals surface area (Å²) < 4.78 is 0. The van der Waals surface area contributed by atoms with Crippen LogP contribution >= 0.6 is 35.0 Å². The highest BCUT2D eigenvalue weighted by atomic mass is 35.5. The van der Waals surface area contributed by atoms with Gasteiger partial charge >= 0.3 is 0 Å². The van der Waals surface area contributed by atoms with E-state index in [1.165, 1.54) is 12.1 Å². The fraction of sp³-hybridized carbons (Fsp3) is 0.0435. The molecule has 160 valence electrons. The Morgan fingerprint density at radius 1 is 0.906 bits per heavy atom. The lowest BCUT2D eigenvalue weighted by Crippen LogP contribution is -2.27. The fourth-order valence-electron chi connectivity index (χ4n) is 2.95. The largest absolute Gasteiger partial charge is 0.507 e. The van der Waals surface area contributed by atoms with Crippen LogP contribution < -0.4 is 0 Å². The highest BCUT2D eigenvalue weighted by Crippen LogP contribution is 2.37. The summed E-state index contributed by atoms with van der Waals surface area (Å²) in [5.74, 6) is -0.545. The molecule has 0 aliphatic carbocycles. The molecular weight excluding hydrogens is 469 g/mol. The summed E-state index contributed by atoms with van der Waals surface area (Å²) in [4.78, 5) is 26.6. The zero-order chi connectivity index (χ0) is 22.7. The first kappa shape index (κ1) is 22.1. The van der Waals surface area contributed by atoms with Gasteiger partial charge in [0.15, 0.2) is 0 Å². The lowest BCUT2D eigenvalue weighted by atomic mass is 10.1. The predicted molar refractivity (Wildman–Crippen MR) is 127 cm³/mol. The highest BCUT2D eigenvalue weighted by molar-refractivity contribution is 8.18. The molecule has 9 heteroatoms. The van der Waals surface area contributed by atoms with Crippen LogP contribution in [0.1, 0.15) is 11.1 Å². The van der Waals surface area contributed by atoms with Crippen molar-refractivity contribution in [3.8, 4) is 5.75 Å². The summed E-state index contributed by atoms with van der Waals surface area (Å²) in [6.45, 7) is -0.0438. The second-order valence-electron chi connectivity index (χ2n) is 6.75. The topological polar surface area (TPSA) is 82.3 Å². The average Bonchev–Trinajstić information content (AvgIpc) is 3.04. The van der Waals surface area contributed by atoms with E-state index in [0.29, 0.717) is 32.5 Å². The second-order valence-corrected chi connectivity index (χ2v) is 8.55. The molecule has 1 aliphatic heterocycles. The van der Waals surface area contributed by atoms with Gasteiger partial charge < -0.3 is 5.11 Å². The number of nitrogens with zero attached hydrogens (tertiary/aromatic N) is 3. The molecule has 1 saturated heterocycles. The van der Waals surface area contributed by atoms with Crippen molar-refractivity contribution in [2.75, 3.05) is 0 Å². The Morgan fingerprint density at radius 3 is 2.31 bits per heavy atom. The number of amides is 2. The molecule has 0 spiro atoms. The molecule has 0 unspecified atom stereocenters. The Hall–Kier alpha value is -3.13. The first-order valence-corrected chi connectivity index (χ1v) is 11.0. The van der Waals surface area contributed by atoms with Gasteiger partial charge in [-0.3, -0.25) is 14.5 Å². The van der Waals surface area contributed by atoms with Gasteiger partial charge in [-0.2, -0.15) is 10.2 Å². The Balaban J connectivity index is 1.58. The van der Waals surface area contributed by atoms with Gasteiger partial charge in [-0.15, -0.1) is 0 Å². The summed E-state index contributed by atoms with van der Waals surface area (Å²) in [7, 11) is 0. The molecule has 2 amide bonds. The van der Waals surface area contributed by atoms with Gasteiger partial charge in [0.05, 0.1) is 22.8 Å². The number of phenols is 1. The van der Waals surface area contributed by atoms with Crippen molar-refractivity contribution in [1.29, 1.82) is 0 Å². The van der Waals surface area contributed by atoms with Crippen molar-refractivity contribution in [3.05, 3.63) is 92.8 Å². The van der Waals surface area contributed by atoms with E-state index in [0.717, 1.165) is 16.7 Å². The van der Waals surface area contributed by atoms with Crippen molar-refractivity contribution in [1.82, 2.24) is 4.90 Å². The van der Waals surface area contributed by atoms with Crippen LogP contribution in [0.4, 0.5) is 16.2 Å². The Labute approximate surface area is 198 Å². The SMILES string of the molecule is O=C1S/C(=C\c2cc(N=Nc3ccccc3)ccc2O)C(=O)N1Cc1c(Cl)cccc1Cl. The maximum Gasteiger partial charge on any atom is 0.293 e. The molecule has 0 radical (unpaired) electrons. The van der Waals surface area contributed by atoms with Crippen LogP contribution in [0.3, 0.4) is 0 Å². The summed E-state index contributed by atoms with van der Waals surface area (Å²) in [5, 5.41) is 18.8. The van der Waals surface area contributed by atoms with Crippen LogP contribution in [-0.2, 0) is 11.3 Å². The molecule has 3 aromatic carbocycles. The van der Waals surface area contributed by atoms with Crippen LogP contribution in [0.5, 0.6) is 5.75 Å². The van der Waals surface area contributed by atoms with Crippen molar-refractivity contribution >= 4 is 63.6 Å². The van der Waals surface area contributed by atoms with Gasteiger partial charge in [0.25, 0.3) is 11.1 Å². The molecule has 0 atom stereocenters. The molecule has 1 aliphatic rings. The molecule has 0 bridgehead atoms. The Bertz CT molecular complexity index is 1240. The van der Waals surface area contributed by atoms with Gasteiger partial charge in [0, 0.05) is 21.2 Å². The van der Waals surface area contributed by atoms with E-state index in [-0.39, 0.29) is 17.2 Å². The van der Waals surface area contributed by atoms with E-state index in [1.54, 1.807) is 30.3 Å². The molecule has 3 aromatic rings. The lowest BCUT2D eigenvalue weighted by molar-refractivity contribution is -0.123. The van der Waals surface area contributed by atoms with Gasteiger partial charge in [-0.25, -0.2) is 0 Å². The standard InChI is InChI=1S/C23H15Cl2N3O3S/c24-18-7-4-8-19(25)17(18)13-28-22(30)21(32-23(28)31)12-14-11-16(9-10-20(14)29)27-26-15-5-2-1-3-6-15/h1-12,29H,13H2/b21-12-,27-26?. The molecule has 6 nitrogen and oxygen atoms in total. The molecule has 0 saturated carbocycles. The average molecular weight is 484 g/mol. The lowest BCUT2D eigenvalue weighted by Gasteiger charge is -2.14. The van der Waals surface area contributed by atoms with Crippen molar-refractivity contribution < 1.29 is 14.7 Å². The van der Waals surface area contributed by atoms with E-state index in [4.69, 9.17) is 23.2 Å². The van der Waals surface area contributed by atoms with E-state index in [1.807, 2.05) is 30.3 Å². The van der Waals surface area contributed by atoms with Crippen molar-refractivity contribution in [2.24, 2.45) is 10.2 Å². The summed E-state index contributed by atoms with van der Waals surface area (Å²) in [6, 6.07) is 18.8. The first-order chi connectivity index (χ1) is 15.4. The number of benzene rings is 3. The summed E-state index contributed by atoms with van der Waals surface area (Å²) in [6.07, 6.45) is 1.45. The number of thioether (sulfide) groups is 1. The number of carbonyl (C=O) groups excluding carboxylic acids is 2. The molecule has 4 rings (SSSR count). The summed E-state index contributed by atoms with van der Waals surface area (Å²) >= 11 is 13.1. The quantitative estimate of drug-likeness (QED) is 0.303. The van der Waals surface area contributed by atoms with Crippen LogP contribution in [-0.4, -0.2) is 21.2 Å². The molecule has 32 heavy (non-hydrogen) atoms. The number of phenolic OH excluding ortho intramolecular Hbond substituents is 1.